The van der Waals surface area contributed by atoms with Crippen LogP contribution >= 0.6 is 11.6 Å². The van der Waals surface area contributed by atoms with Crippen molar-refractivity contribution in [3.63, 3.8) is 0 Å². The van der Waals surface area contributed by atoms with Crippen LogP contribution in [0.2, 0.25) is 5.15 Å². The Balaban J connectivity index is 2.51. The van der Waals surface area contributed by atoms with Crippen molar-refractivity contribution in [2.45, 2.75) is 26.7 Å². The number of hydrogen-bond acceptors (Lipinski definition) is 2. The second-order valence-corrected chi connectivity index (χ2v) is 5.24. The number of aliphatic imine (C=N–C) groups is 1. The summed E-state index contributed by atoms with van der Waals surface area (Å²) in [5.74, 6) is 0.349. The molecule has 3 nitrogen and oxygen atoms in total. The molecule has 20 heavy (non-hydrogen) atoms. The number of allylic oxidation sites excluding steroid dienone is 4. The minimum absolute atomic E-state index is 0.349. The highest BCUT2D eigenvalue weighted by atomic mass is 35.5. The molecule has 1 aliphatic rings. The molecular weight excluding hydrogens is 270 g/mol. The molecule has 0 radical (unpaired) electrons. The predicted molar refractivity (Wildman–Crippen MR) is 85.7 cm³/mol. The quantitative estimate of drug-likeness (QED) is 0.498. The first-order valence-electron chi connectivity index (χ1n) is 6.73. The van der Waals surface area contributed by atoms with E-state index in [9.17, 15) is 0 Å². The normalized spacial score (nSPS) is 20.6. The first-order valence-corrected chi connectivity index (χ1v) is 7.11. The Labute approximate surface area is 124 Å². The minimum Gasteiger partial charge on any atom is -0.290 e. The zero-order chi connectivity index (χ0) is 14.5. The Morgan fingerprint density at radius 1 is 1.55 bits per heavy atom. The van der Waals surface area contributed by atoms with Crippen LogP contribution in [0.3, 0.4) is 0 Å². The van der Waals surface area contributed by atoms with Crippen molar-refractivity contribution in [3.8, 4) is 0 Å². The molecule has 0 amide bonds. The summed E-state index contributed by atoms with van der Waals surface area (Å²) in [7, 11) is 0. The molecule has 1 aromatic rings. The zero-order valence-corrected chi connectivity index (χ0v) is 12.5. The van der Waals surface area contributed by atoms with E-state index in [-0.39, 0.29) is 0 Å². The Hall–Kier alpha value is -1.74. The number of pyridine rings is 1. The summed E-state index contributed by atoms with van der Waals surface area (Å²) in [6.07, 6.45) is 11.0. The van der Waals surface area contributed by atoms with Gasteiger partial charge >= 0.3 is 0 Å². The fourth-order valence-electron chi connectivity index (χ4n) is 2.32. The van der Waals surface area contributed by atoms with Gasteiger partial charge in [0.2, 0.25) is 0 Å². The van der Waals surface area contributed by atoms with E-state index in [1.165, 1.54) is 0 Å². The summed E-state index contributed by atoms with van der Waals surface area (Å²) in [6.45, 7) is 4.13. The van der Waals surface area contributed by atoms with E-state index in [1.807, 2.05) is 19.1 Å². The number of rotatable bonds is 3. The van der Waals surface area contributed by atoms with E-state index in [2.05, 4.69) is 29.1 Å². The van der Waals surface area contributed by atoms with Gasteiger partial charge in [-0.2, -0.15) is 0 Å². The molecule has 4 heteroatoms. The second kappa shape index (κ2) is 6.62. The van der Waals surface area contributed by atoms with Crippen LogP contribution in [0.25, 0.3) is 5.57 Å². The highest BCUT2D eigenvalue weighted by Gasteiger charge is 2.16. The molecule has 1 N–H and O–H groups in total. The van der Waals surface area contributed by atoms with Crippen LogP contribution in [-0.2, 0) is 0 Å². The lowest BCUT2D eigenvalue weighted by Crippen LogP contribution is -2.10. The van der Waals surface area contributed by atoms with Crippen molar-refractivity contribution in [2.75, 3.05) is 0 Å². The van der Waals surface area contributed by atoms with Crippen molar-refractivity contribution in [2.24, 2.45) is 10.9 Å². The van der Waals surface area contributed by atoms with Crippen LogP contribution in [0.5, 0.6) is 0 Å². The number of hydrogen-bond donors (Lipinski definition) is 1. The Bertz CT molecular complexity index is 600. The maximum Gasteiger partial charge on any atom is 0.136 e. The standard InChI is InChI=1S/C16H18ClN3/c1-3-12-5-4-6-13(8-15(12)20-10-18)14-7-11(2)9-19-16(14)17/h4,6-10,12,18H,3,5H2,1-2H3/b18-10?,20-15-. The molecule has 2 rings (SSSR count). The van der Waals surface area contributed by atoms with Crippen LogP contribution in [0.15, 0.2) is 35.5 Å². The topological polar surface area (TPSA) is 49.1 Å². The van der Waals surface area contributed by atoms with Crippen LogP contribution in [0.1, 0.15) is 30.9 Å². The van der Waals surface area contributed by atoms with E-state index in [0.717, 1.165) is 41.6 Å². The van der Waals surface area contributed by atoms with Gasteiger partial charge in [-0.1, -0.05) is 30.7 Å². The monoisotopic (exact) mass is 287 g/mol. The van der Waals surface area contributed by atoms with Crippen molar-refractivity contribution < 1.29 is 0 Å². The molecule has 0 fully saturated rings. The number of halogens is 1. The average molecular weight is 288 g/mol. The maximum absolute atomic E-state index is 7.22. The van der Waals surface area contributed by atoms with Gasteiger partial charge < -0.3 is 0 Å². The minimum atomic E-state index is 0.349. The van der Waals surface area contributed by atoms with Crippen molar-refractivity contribution in [3.05, 3.63) is 46.8 Å². The molecule has 1 heterocycles. The van der Waals surface area contributed by atoms with Crippen LogP contribution in [0.4, 0.5) is 0 Å². The second-order valence-electron chi connectivity index (χ2n) is 4.88. The highest BCUT2D eigenvalue weighted by molar-refractivity contribution is 6.31. The smallest absolute Gasteiger partial charge is 0.136 e. The number of aryl methyl sites for hydroxylation is 1. The third-order valence-electron chi connectivity index (χ3n) is 3.43. The highest BCUT2D eigenvalue weighted by Crippen LogP contribution is 2.28. The molecule has 0 saturated carbocycles. The third kappa shape index (κ3) is 3.23. The van der Waals surface area contributed by atoms with Gasteiger partial charge in [-0.3, -0.25) is 5.41 Å². The van der Waals surface area contributed by atoms with E-state index in [0.29, 0.717) is 11.1 Å². The lowest BCUT2D eigenvalue weighted by molar-refractivity contribution is 0.682. The molecular formula is C16H18ClN3. The van der Waals surface area contributed by atoms with Crippen LogP contribution in [-0.4, -0.2) is 17.0 Å². The van der Waals surface area contributed by atoms with E-state index in [4.69, 9.17) is 17.0 Å². The Kier molecular flexibility index (Phi) is 4.85. The maximum atomic E-state index is 7.22. The van der Waals surface area contributed by atoms with E-state index >= 15 is 0 Å². The van der Waals surface area contributed by atoms with Gasteiger partial charge in [0, 0.05) is 23.4 Å². The summed E-state index contributed by atoms with van der Waals surface area (Å²) in [5, 5.41) is 7.72. The average Bonchev–Trinajstić information content (AvgIpc) is 2.64. The molecule has 104 valence electrons. The largest absolute Gasteiger partial charge is 0.290 e. The number of nitrogens with zero attached hydrogens (tertiary/aromatic N) is 2. The first-order chi connectivity index (χ1) is 9.65. The van der Waals surface area contributed by atoms with Crippen molar-refractivity contribution in [1.82, 2.24) is 4.98 Å². The lowest BCUT2D eigenvalue weighted by Gasteiger charge is -2.11. The zero-order valence-electron chi connectivity index (χ0n) is 11.7. The predicted octanol–water partition coefficient (Wildman–Crippen LogP) is 4.46. The molecule has 1 aromatic heterocycles. The van der Waals surface area contributed by atoms with Crippen molar-refractivity contribution >= 4 is 29.2 Å². The molecule has 1 aliphatic carbocycles. The summed E-state index contributed by atoms with van der Waals surface area (Å²) in [4.78, 5) is 8.40. The lowest BCUT2D eigenvalue weighted by atomic mass is 9.96. The van der Waals surface area contributed by atoms with Crippen LogP contribution < -0.4 is 0 Å². The molecule has 0 bridgehead atoms. The molecule has 0 aliphatic heterocycles. The van der Waals surface area contributed by atoms with Gasteiger partial charge in [0.25, 0.3) is 0 Å². The van der Waals surface area contributed by atoms with Gasteiger partial charge in [-0.25, -0.2) is 9.98 Å². The molecule has 0 saturated heterocycles. The van der Waals surface area contributed by atoms with Crippen LogP contribution in [0, 0.1) is 18.3 Å². The van der Waals surface area contributed by atoms with Gasteiger partial charge in [0.05, 0.1) is 0 Å². The van der Waals surface area contributed by atoms with Gasteiger partial charge in [0.15, 0.2) is 0 Å². The number of nitrogens with one attached hydrogen (secondary N) is 1. The van der Waals surface area contributed by atoms with Crippen molar-refractivity contribution in [1.29, 1.82) is 5.41 Å². The van der Waals surface area contributed by atoms with E-state index < -0.39 is 0 Å². The number of aromatic nitrogens is 1. The molecule has 0 aromatic carbocycles. The fourth-order valence-corrected chi connectivity index (χ4v) is 2.53. The summed E-state index contributed by atoms with van der Waals surface area (Å²) in [6, 6.07) is 2.03. The summed E-state index contributed by atoms with van der Waals surface area (Å²) >= 11 is 6.21. The summed E-state index contributed by atoms with van der Waals surface area (Å²) in [5.41, 5.74) is 3.92. The third-order valence-corrected chi connectivity index (χ3v) is 3.73. The first kappa shape index (κ1) is 14.7. The Morgan fingerprint density at radius 3 is 3.05 bits per heavy atom. The van der Waals surface area contributed by atoms with Gasteiger partial charge in [-0.15, -0.1) is 0 Å². The SMILES string of the molecule is CCC1CC=CC(c2cc(C)cnc2Cl)=C/C1=N/C=N. The molecule has 0 spiro atoms. The molecule has 1 atom stereocenters. The van der Waals surface area contributed by atoms with Gasteiger partial charge in [-0.05, 0) is 43.0 Å². The van der Waals surface area contributed by atoms with Gasteiger partial charge in [0.1, 0.15) is 11.5 Å². The van der Waals surface area contributed by atoms with E-state index in [1.54, 1.807) is 6.20 Å². The Morgan fingerprint density at radius 2 is 2.35 bits per heavy atom. The summed E-state index contributed by atoms with van der Waals surface area (Å²) < 4.78 is 0. The fraction of sp³-hybridized carbons (Fsp3) is 0.312. The molecule has 1 unspecified atom stereocenters.